The summed E-state index contributed by atoms with van der Waals surface area (Å²) in [6, 6.07) is 8.78. The number of nitrogens with zero attached hydrogens (tertiary/aromatic N) is 1. The van der Waals surface area contributed by atoms with Gasteiger partial charge in [0.25, 0.3) is 0 Å². The molecule has 1 heteroatoms. The van der Waals surface area contributed by atoms with Gasteiger partial charge >= 0.3 is 0 Å². The molecule has 1 unspecified atom stereocenters. The highest BCUT2D eigenvalue weighted by Gasteiger charge is 2.22. The summed E-state index contributed by atoms with van der Waals surface area (Å²) < 4.78 is 2.34. The Hall–Kier alpha value is -1.89. The lowest BCUT2D eigenvalue weighted by Crippen LogP contribution is -2.24. The van der Waals surface area contributed by atoms with Crippen molar-refractivity contribution in [2.45, 2.75) is 19.8 Å². The van der Waals surface area contributed by atoms with Crippen molar-refractivity contribution in [3.05, 3.63) is 70.8 Å². The number of hydrogen-bond donors (Lipinski definition) is 0. The van der Waals surface area contributed by atoms with Crippen molar-refractivity contribution in [1.82, 2.24) is 0 Å². The van der Waals surface area contributed by atoms with Gasteiger partial charge in [-0.15, -0.1) is 0 Å². The molecule has 1 atom stereocenters. The summed E-state index contributed by atoms with van der Waals surface area (Å²) in [5.74, 6) is 0.460. The van der Waals surface area contributed by atoms with E-state index >= 15 is 0 Å². The zero-order chi connectivity index (χ0) is 13.4. The maximum Gasteiger partial charge on any atom is 0.207 e. The van der Waals surface area contributed by atoms with Crippen molar-refractivity contribution in [2.75, 3.05) is 13.6 Å². The first-order chi connectivity index (χ1) is 9.16. The fraction of sp³-hybridized carbons (Fsp3) is 0.278. The second kappa shape index (κ2) is 4.65. The van der Waals surface area contributed by atoms with Crippen molar-refractivity contribution in [3.63, 3.8) is 0 Å². The standard InChI is InChI=1S/C18H20N/c1-13-8-9-15-10-11-18(19(3)12-15)17-7-5-4-6-16(17)14(13)2/h4-11,14H,12H2,1-3H3/q+1/b13-8-,15-9-. The van der Waals surface area contributed by atoms with Gasteiger partial charge in [-0.2, -0.15) is 0 Å². The Balaban J connectivity index is 2.29. The van der Waals surface area contributed by atoms with Crippen LogP contribution in [0.3, 0.4) is 0 Å². The van der Waals surface area contributed by atoms with E-state index in [1.165, 1.54) is 28.0 Å². The first kappa shape index (κ1) is 12.2. The van der Waals surface area contributed by atoms with Crippen LogP contribution in [-0.2, 0) is 0 Å². The van der Waals surface area contributed by atoms with Gasteiger partial charge in [0.05, 0.1) is 0 Å². The number of allylic oxidation sites excluding steroid dienone is 4. The van der Waals surface area contributed by atoms with Crippen molar-refractivity contribution in [2.24, 2.45) is 0 Å². The summed E-state index contributed by atoms with van der Waals surface area (Å²) in [6.07, 6.45) is 9.01. The molecule has 0 aromatic heterocycles. The second-order valence-corrected chi connectivity index (χ2v) is 5.54. The lowest BCUT2D eigenvalue weighted by atomic mass is 9.86. The zero-order valence-corrected chi connectivity index (χ0v) is 11.9. The highest BCUT2D eigenvalue weighted by molar-refractivity contribution is 6.07. The van der Waals surface area contributed by atoms with E-state index in [9.17, 15) is 0 Å². The molecule has 0 spiro atoms. The van der Waals surface area contributed by atoms with E-state index in [4.69, 9.17) is 0 Å². The number of benzene rings is 1. The number of hydrogen-bond acceptors (Lipinski definition) is 0. The first-order valence-electron chi connectivity index (χ1n) is 6.89. The molecule has 96 valence electrons. The summed E-state index contributed by atoms with van der Waals surface area (Å²) >= 11 is 0. The van der Waals surface area contributed by atoms with Crippen LogP contribution < -0.4 is 0 Å². The van der Waals surface area contributed by atoms with Crippen LogP contribution >= 0.6 is 0 Å². The van der Waals surface area contributed by atoms with Gasteiger partial charge in [0.2, 0.25) is 5.71 Å². The van der Waals surface area contributed by atoms with Crippen LogP contribution in [0.5, 0.6) is 0 Å². The molecule has 1 nitrogen and oxygen atoms in total. The van der Waals surface area contributed by atoms with E-state index in [-0.39, 0.29) is 0 Å². The van der Waals surface area contributed by atoms with Gasteiger partial charge < -0.3 is 0 Å². The van der Waals surface area contributed by atoms with E-state index < -0.39 is 0 Å². The normalized spacial score (nSPS) is 27.4. The van der Waals surface area contributed by atoms with E-state index in [1.54, 1.807) is 0 Å². The predicted octanol–water partition coefficient (Wildman–Crippen LogP) is 3.68. The molecule has 1 aromatic rings. The molecule has 4 rings (SSSR count). The van der Waals surface area contributed by atoms with Crippen LogP contribution in [0, 0.1) is 0 Å². The highest BCUT2D eigenvalue weighted by atomic mass is 15.0. The molecule has 0 N–H and O–H groups in total. The summed E-state index contributed by atoms with van der Waals surface area (Å²) in [4.78, 5) is 0. The zero-order valence-electron chi connectivity index (χ0n) is 11.9. The van der Waals surface area contributed by atoms with Crippen molar-refractivity contribution >= 4 is 5.71 Å². The summed E-state index contributed by atoms with van der Waals surface area (Å²) in [7, 11) is 2.17. The van der Waals surface area contributed by atoms with Crippen LogP contribution in [0.2, 0.25) is 0 Å². The average molecular weight is 250 g/mol. The predicted molar refractivity (Wildman–Crippen MR) is 81.0 cm³/mol. The molecular weight excluding hydrogens is 230 g/mol. The van der Waals surface area contributed by atoms with E-state index in [0.29, 0.717) is 5.92 Å². The summed E-state index contributed by atoms with van der Waals surface area (Å²) in [5.41, 5.74) is 6.90. The smallest absolute Gasteiger partial charge is 0.207 e. The summed E-state index contributed by atoms with van der Waals surface area (Å²) in [5, 5.41) is 0. The van der Waals surface area contributed by atoms with Crippen LogP contribution in [0.4, 0.5) is 0 Å². The molecule has 19 heavy (non-hydrogen) atoms. The molecule has 0 saturated carbocycles. The van der Waals surface area contributed by atoms with Crippen LogP contribution in [0.1, 0.15) is 30.9 Å². The van der Waals surface area contributed by atoms with Gasteiger partial charge in [-0.1, -0.05) is 42.8 Å². The number of rotatable bonds is 0. The Morgan fingerprint density at radius 2 is 1.89 bits per heavy atom. The molecule has 0 radical (unpaired) electrons. The molecule has 0 fully saturated rings. The van der Waals surface area contributed by atoms with Crippen molar-refractivity contribution < 1.29 is 4.58 Å². The third-order valence-electron chi connectivity index (χ3n) is 4.23. The fourth-order valence-electron chi connectivity index (χ4n) is 2.86. The monoisotopic (exact) mass is 250 g/mol. The van der Waals surface area contributed by atoms with E-state index in [1.807, 2.05) is 0 Å². The highest BCUT2D eigenvalue weighted by Crippen LogP contribution is 2.29. The minimum Gasteiger partial charge on any atom is -0.228 e. The Morgan fingerprint density at radius 1 is 1.11 bits per heavy atom. The Morgan fingerprint density at radius 3 is 2.68 bits per heavy atom. The molecule has 2 heterocycles. The quantitative estimate of drug-likeness (QED) is 0.618. The van der Waals surface area contributed by atoms with Crippen LogP contribution in [0.15, 0.2) is 59.7 Å². The third-order valence-corrected chi connectivity index (χ3v) is 4.23. The minimum atomic E-state index is 0.460. The molecule has 1 aliphatic carbocycles. The maximum atomic E-state index is 2.34. The van der Waals surface area contributed by atoms with Crippen LogP contribution in [0.25, 0.3) is 0 Å². The third kappa shape index (κ3) is 2.10. The molecule has 2 aliphatic heterocycles. The number of fused-ring (bicyclic) bond motifs is 3. The molecule has 2 bridgehead atoms. The summed E-state index contributed by atoms with van der Waals surface area (Å²) in [6.45, 7) is 5.51. The van der Waals surface area contributed by atoms with Gasteiger partial charge in [0, 0.05) is 23.1 Å². The van der Waals surface area contributed by atoms with E-state index in [2.05, 4.69) is 74.0 Å². The first-order valence-corrected chi connectivity index (χ1v) is 6.89. The Bertz CT molecular complexity index is 641. The van der Waals surface area contributed by atoms with Gasteiger partial charge in [-0.3, -0.25) is 0 Å². The largest absolute Gasteiger partial charge is 0.228 e. The molecule has 0 saturated heterocycles. The van der Waals surface area contributed by atoms with Gasteiger partial charge in [-0.05, 0) is 24.6 Å². The molecule has 1 aromatic carbocycles. The van der Waals surface area contributed by atoms with Crippen molar-refractivity contribution in [1.29, 1.82) is 0 Å². The minimum absolute atomic E-state index is 0.460. The number of likely N-dealkylation sites (N-methyl/N-ethyl adjacent to an activating group) is 1. The molecular formula is C18H20N+. The van der Waals surface area contributed by atoms with Gasteiger partial charge in [0.1, 0.15) is 7.05 Å². The lowest BCUT2D eigenvalue weighted by Gasteiger charge is -2.19. The average Bonchev–Trinajstić information content (AvgIpc) is 2.43. The topological polar surface area (TPSA) is 3.01 Å². The Kier molecular flexibility index (Phi) is 2.98. The second-order valence-electron chi connectivity index (χ2n) is 5.54. The SMILES string of the molecule is C/C1=C/C=C2/C=CC(=[N+](C)C2)c2ccccc2C1C. The molecule has 0 amide bonds. The van der Waals surface area contributed by atoms with Crippen LogP contribution in [-0.4, -0.2) is 23.9 Å². The van der Waals surface area contributed by atoms with Crippen molar-refractivity contribution in [3.8, 4) is 0 Å². The van der Waals surface area contributed by atoms with E-state index in [0.717, 1.165) is 6.54 Å². The molecule has 3 aliphatic rings. The van der Waals surface area contributed by atoms with Gasteiger partial charge in [0.15, 0.2) is 6.54 Å². The Labute approximate surface area is 115 Å². The van der Waals surface area contributed by atoms with Gasteiger partial charge in [-0.25, -0.2) is 4.58 Å². The lowest BCUT2D eigenvalue weighted by molar-refractivity contribution is -0.487. The fourth-order valence-corrected chi connectivity index (χ4v) is 2.86. The maximum absolute atomic E-state index is 2.34.